The van der Waals surface area contributed by atoms with Crippen LogP contribution in [-0.2, 0) is 4.79 Å². The number of hydrogen-bond donors (Lipinski definition) is 0. The van der Waals surface area contributed by atoms with E-state index in [0.29, 0.717) is 6.29 Å². The van der Waals surface area contributed by atoms with Gasteiger partial charge in [-0.2, -0.15) is 0 Å². The highest BCUT2D eigenvalue weighted by atomic mass is 35.5. The first-order valence-electron chi connectivity index (χ1n) is 5.11. The molecule has 0 aromatic heterocycles. The second kappa shape index (κ2) is 5.34. The number of halogens is 1. The molecule has 2 heteroatoms. The molecule has 0 unspecified atom stereocenters. The summed E-state index contributed by atoms with van der Waals surface area (Å²) in [7, 11) is 0. The van der Waals surface area contributed by atoms with E-state index >= 15 is 0 Å². The minimum absolute atomic E-state index is 0.590. The monoisotopic (exact) mass is 240 g/mol. The molecule has 0 amide bonds. The van der Waals surface area contributed by atoms with E-state index in [1.807, 2.05) is 48.5 Å². The van der Waals surface area contributed by atoms with E-state index in [1.165, 1.54) is 0 Å². The van der Waals surface area contributed by atoms with Crippen molar-refractivity contribution in [2.45, 2.75) is 0 Å². The van der Waals surface area contributed by atoms with E-state index in [4.69, 9.17) is 11.6 Å². The van der Waals surface area contributed by atoms with E-state index in [-0.39, 0.29) is 0 Å². The summed E-state index contributed by atoms with van der Waals surface area (Å²) in [4.78, 5) is 10.1. The van der Waals surface area contributed by atoms with Crippen LogP contribution in [0.15, 0.2) is 48.5 Å². The Hall–Kier alpha value is -2.04. The molecule has 2 aromatic carbocycles. The van der Waals surface area contributed by atoms with Crippen molar-refractivity contribution >= 4 is 17.9 Å². The fourth-order valence-electron chi connectivity index (χ4n) is 1.50. The lowest BCUT2D eigenvalue weighted by atomic mass is 10.0. The molecular weight excluding hydrogens is 232 g/mol. The lowest BCUT2D eigenvalue weighted by Crippen LogP contribution is -1.79. The Kier molecular flexibility index (Phi) is 3.59. The Bertz CT molecular complexity index is 571. The predicted molar refractivity (Wildman–Crippen MR) is 69.8 cm³/mol. The maximum absolute atomic E-state index is 10.1. The molecule has 1 nitrogen and oxygen atoms in total. The second-order valence-electron chi connectivity index (χ2n) is 3.47. The summed E-state index contributed by atoms with van der Waals surface area (Å²) < 4.78 is 0. The first-order chi connectivity index (χ1) is 8.29. The van der Waals surface area contributed by atoms with Crippen LogP contribution >= 0.6 is 11.6 Å². The van der Waals surface area contributed by atoms with Gasteiger partial charge in [0.1, 0.15) is 0 Å². The molecule has 0 saturated carbocycles. The number of benzene rings is 2. The SMILES string of the molecule is O=CC#Cc1ccc(-c2ccc(Cl)cc2)cc1. The zero-order valence-corrected chi connectivity index (χ0v) is 9.74. The van der Waals surface area contributed by atoms with E-state index in [9.17, 15) is 4.79 Å². The highest BCUT2D eigenvalue weighted by Gasteiger charge is 1.97. The first-order valence-corrected chi connectivity index (χ1v) is 5.48. The minimum atomic E-state index is 0.590. The van der Waals surface area contributed by atoms with Crippen molar-refractivity contribution in [3.63, 3.8) is 0 Å². The maximum Gasteiger partial charge on any atom is 0.193 e. The summed E-state index contributed by atoms with van der Waals surface area (Å²) in [5, 5.41) is 0.724. The van der Waals surface area contributed by atoms with Gasteiger partial charge in [0.2, 0.25) is 0 Å². The number of hydrogen-bond acceptors (Lipinski definition) is 1. The zero-order valence-electron chi connectivity index (χ0n) is 8.98. The summed E-state index contributed by atoms with van der Waals surface area (Å²) in [6.07, 6.45) is 0.590. The van der Waals surface area contributed by atoms with Gasteiger partial charge in [-0.05, 0) is 41.3 Å². The van der Waals surface area contributed by atoms with Crippen LogP contribution < -0.4 is 0 Å². The second-order valence-corrected chi connectivity index (χ2v) is 3.91. The normalized spacial score (nSPS) is 9.24. The van der Waals surface area contributed by atoms with Crippen LogP contribution in [0.25, 0.3) is 11.1 Å². The predicted octanol–water partition coefficient (Wildman–Crippen LogP) is 3.56. The molecule has 0 heterocycles. The van der Waals surface area contributed by atoms with Gasteiger partial charge in [-0.3, -0.25) is 4.79 Å². The van der Waals surface area contributed by atoms with Gasteiger partial charge >= 0.3 is 0 Å². The first kappa shape index (κ1) is 11.4. The van der Waals surface area contributed by atoms with Crippen molar-refractivity contribution in [2.24, 2.45) is 0 Å². The van der Waals surface area contributed by atoms with Crippen LogP contribution in [0.5, 0.6) is 0 Å². The van der Waals surface area contributed by atoms with Crippen molar-refractivity contribution in [1.29, 1.82) is 0 Å². The van der Waals surface area contributed by atoms with Gasteiger partial charge in [-0.25, -0.2) is 0 Å². The molecule has 0 atom stereocenters. The topological polar surface area (TPSA) is 17.1 Å². The quantitative estimate of drug-likeness (QED) is 0.550. The molecule has 0 spiro atoms. The molecule has 0 aliphatic heterocycles. The molecule has 0 radical (unpaired) electrons. The Morgan fingerprint density at radius 1 is 0.882 bits per heavy atom. The average Bonchev–Trinajstić information content (AvgIpc) is 2.38. The molecule has 0 N–H and O–H groups in total. The van der Waals surface area contributed by atoms with E-state index in [0.717, 1.165) is 21.7 Å². The Balaban J connectivity index is 2.29. The summed E-state index contributed by atoms with van der Waals surface area (Å²) in [6.45, 7) is 0. The summed E-state index contributed by atoms with van der Waals surface area (Å²) in [5.74, 6) is 5.13. The van der Waals surface area contributed by atoms with Gasteiger partial charge in [0, 0.05) is 10.6 Å². The van der Waals surface area contributed by atoms with Gasteiger partial charge in [-0.1, -0.05) is 41.8 Å². The highest BCUT2D eigenvalue weighted by Crippen LogP contribution is 2.21. The van der Waals surface area contributed by atoms with Crippen LogP contribution in [-0.4, -0.2) is 6.29 Å². The van der Waals surface area contributed by atoms with Crippen LogP contribution in [0.4, 0.5) is 0 Å². The molecule has 0 saturated heterocycles. The van der Waals surface area contributed by atoms with Crippen molar-refractivity contribution < 1.29 is 4.79 Å². The fraction of sp³-hybridized carbons (Fsp3) is 0. The number of carbonyl (C=O) groups is 1. The molecule has 0 aliphatic carbocycles. The lowest BCUT2D eigenvalue weighted by molar-refractivity contribution is -0.103. The molecule has 17 heavy (non-hydrogen) atoms. The molecule has 0 aliphatic rings. The number of carbonyl (C=O) groups excluding carboxylic acids is 1. The number of aldehydes is 1. The van der Waals surface area contributed by atoms with Gasteiger partial charge in [0.05, 0.1) is 0 Å². The number of rotatable bonds is 1. The molecule has 82 valence electrons. The fourth-order valence-corrected chi connectivity index (χ4v) is 1.63. The van der Waals surface area contributed by atoms with E-state index in [2.05, 4.69) is 11.8 Å². The Morgan fingerprint density at radius 2 is 1.41 bits per heavy atom. The van der Waals surface area contributed by atoms with Crippen LogP contribution in [0.2, 0.25) is 5.02 Å². The van der Waals surface area contributed by atoms with Gasteiger partial charge in [-0.15, -0.1) is 0 Å². The van der Waals surface area contributed by atoms with Gasteiger partial charge in [0.25, 0.3) is 0 Å². The van der Waals surface area contributed by atoms with Gasteiger partial charge in [0.15, 0.2) is 6.29 Å². The smallest absolute Gasteiger partial charge is 0.193 e. The van der Waals surface area contributed by atoms with Crippen molar-refractivity contribution in [1.82, 2.24) is 0 Å². The van der Waals surface area contributed by atoms with Crippen molar-refractivity contribution in [3.8, 4) is 23.0 Å². The third-order valence-electron chi connectivity index (χ3n) is 2.34. The molecule has 2 aromatic rings. The lowest BCUT2D eigenvalue weighted by Gasteiger charge is -2.01. The summed E-state index contributed by atoms with van der Waals surface area (Å²) >= 11 is 5.83. The van der Waals surface area contributed by atoms with E-state index in [1.54, 1.807) is 0 Å². The van der Waals surface area contributed by atoms with E-state index < -0.39 is 0 Å². The van der Waals surface area contributed by atoms with Crippen LogP contribution in [0.3, 0.4) is 0 Å². The molecule has 0 bridgehead atoms. The molecular formula is C15H9ClO. The molecule has 0 fully saturated rings. The molecule has 2 rings (SSSR count). The summed E-state index contributed by atoms with van der Waals surface area (Å²) in [5.41, 5.74) is 3.03. The summed E-state index contributed by atoms with van der Waals surface area (Å²) in [6, 6.07) is 15.4. The Morgan fingerprint density at radius 3 is 1.94 bits per heavy atom. The van der Waals surface area contributed by atoms with Gasteiger partial charge < -0.3 is 0 Å². The van der Waals surface area contributed by atoms with Crippen LogP contribution in [0, 0.1) is 11.8 Å². The maximum atomic E-state index is 10.1. The van der Waals surface area contributed by atoms with Crippen LogP contribution in [0.1, 0.15) is 5.56 Å². The third kappa shape index (κ3) is 2.96. The Labute approximate surface area is 105 Å². The zero-order chi connectivity index (χ0) is 12.1. The standard InChI is InChI=1S/C15H9ClO/c16-15-9-7-14(8-10-15)13-5-3-12(4-6-13)2-1-11-17/h3-11H. The largest absolute Gasteiger partial charge is 0.289 e. The average molecular weight is 241 g/mol. The highest BCUT2D eigenvalue weighted by molar-refractivity contribution is 6.30. The minimum Gasteiger partial charge on any atom is -0.289 e. The van der Waals surface area contributed by atoms with Crippen molar-refractivity contribution in [3.05, 3.63) is 59.1 Å². The third-order valence-corrected chi connectivity index (χ3v) is 2.59. The van der Waals surface area contributed by atoms with Crippen molar-refractivity contribution in [2.75, 3.05) is 0 Å².